The zero-order valence-electron chi connectivity index (χ0n) is 32.6. The summed E-state index contributed by atoms with van der Waals surface area (Å²) in [4.78, 5) is 81.6. The van der Waals surface area contributed by atoms with Crippen LogP contribution in [0.3, 0.4) is 0 Å². The minimum atomic E-state index is -0.557. The average molecular weight is 771 g/mol. The van der Waals surface area contributed by atoms with Gasteiger partial charge in [0.05, 0.1) is 36.0 Å². The highest BCUT2D eigenvalue weighted by atomic mass is 16.3. The lowest BCUT2D eigenvalue weighted by molar-refractivity contribution is -0.139. The quantitative estimate of drug-likeness (QED) is 0.282. The Bertz CT molecular complexity index is 1920. The maximum atomic E-state index is 13.1. The van der Waals surface area contributed by atoms with Crippen molar-refractivity contribution in [2.24, 2.45) is 35.5 Å². The van der Waals surface area contributed by atoms with Crippen LogP contribution in [0.1, 0.15) is 88.0 Å². The van der Waals surface area contributed by atoms with E-state index in [1.54, 1.807) is 33.4 Å². The van der Waals surface area contributed by atoms with Crippen molar-refractivity contribution < 1.29 is 29.4 Å². The normalized spacial score (nSPS) is 28.5. The van der Waals surface area contributed by atoms with Gasteiger partial charge in [0.15, 0.2) is 0 Å². The van der Waals surface area contributed by atoms with Crippen molar-refractivity contribution in [3.8, 4) is 0 Å². The third kappa shape index (κ3) is 6.63. The Kier molecular flexibility index (Phi) is 11.2. The number of nitrogens with one attached hydrogen (secondary N) is 2. The molecule has 6 aliphatic rings. The van der Waals surface area contributed by atoms with Crippen LogP contribution in [0, 0.1) is 35.5 Å². The van der Waals surface area contributed by atoms with Crippen LogP contribution in [-0.4, -0.2) is 91.2 Å². The van der Waals surface area contributed by atoms with Crippen LogP contribution in [0.5, 0.6) is 0 Å². The molecule has 14 nitrogen and oxygen atoms in total. The summed E-state index contributed by atoms with van der Waals surface area (Å²) in [5.41, 5.74) is 2.33. The lowest BCUT2D eigenvalue weighted by atomic mass is 9.86. The van der Waals surface area contributed by atoms with Gasteiger partial charge in [0.1, 0.15) is 0 Å². The van der Waals surface area contributed by atoms with Crippen molar-refractivity contribution in [1.29, 1.82) is 0 Å². The molecule has 2 aromatic heterocycles. The number of hydrogen-bond acceptors (Lipinski definition) is 8. The second-order valence-electron chi connectivity index (χ2n) is 15.9. The van der Waals surface area contributed by atoms with Crippen LogP contribution in [0.15, 0.2) is 46.0 Å². The second kappa shape index (κ2) is 16.0. The molecule has 6 heterocycles. The molecule has 4 fully saturated rings. The SMILES string of the molecule is C/C=C/c1ccc2n(c1=O)C[C@@H]1[C@@H](CO)[C@H](C(=O)NCC)[C@H]2N1C(=O)C1CC1.C/C=C\c1ccc2n(c1=O)C[C@@H]1[C@@H](CO)[C@H](C(=O)NCC)[C@H]2N1C(=O)C1CC1. The number of rotatable bonds is 10. The molecule has 14 heteroatoms. The fourth-order valence-corrected chi connectivity index (χ4v) is 9.73. The molecule has 4 amide bonds. The summed E-state index contributed by atoms with van der Waals surface area (Å²) >= 11 is 0. The van der Waals surface area contributed by atoms with Gasteiger partial charge in [-0.25, -0.2) is 0 Å². The van der Waals surface area contributed by atoms with Gasteiger partial charge in [-0.1, -0.05) is 24.3 Å². The van der Waals surface area contributed by atoms with Crippen LogP contribution >= 0.6 is 0 Å². The van der Waals surface area contributed by atoms with E-state index in [1.807, 2.05) is 61.8 Å². The van der Waals surface area contributed by atoms with Gasteiger partial charge < -0.3 is 39.8 Å². The lowest BCUT2D eigenvalue weighted by Gasteiger charge is -2.38. The van der Waals surface area contributed by atoms with E-state index < -0.39 is 23.9 Å². The minimum Gasteiger partial charge on any atom is -0.396 e. The smallest absolute Gasteiger partial charge is 0.258 e. The van der Waals surface area contributed by atoms with Gasteiger partial charge in [-0.05, 0) is 77.6 Å². The Morgan fingerprint density at radius 3 is 1.34 bits per heavy atom. The molecule has 4 bridgehead atoms. The summed E-state index contributed by atoms with van der Waals surface area (Å²) in [6, 6.07) is 5.52. The first-order valence-electron chi connectivity index (χ1n) is 20.2. The predicted octanol–water partition coefficient (Wildman–Crippen LogP) is 1.84. The molecule has 2 aliphatic carbocycles. The molecule has 2 aromatic rings. The largest absolute Gasteiger partial charge is 0.396 e. The zero-order valence-corrected chi connectivity index (χ0v) is 32.6. The topological polar surface area (TPSA) is 183 Å². The first-order chi connectivity index (χ1) is 27.1. The minimum absolute atomic E-state index is 0.0119. The fraction of sp³-hybridized carbons (Fsp3) is 0.571. The van der Waals surface area contributed by atoms with Crippen molar-refractivity contribution in [2.75, 3.05) is 26.3 Å². The van der Waals surface area contributed by atoms with E-state index in [1.165, 1.54) is 0 Å². The summed E-state index contributed by atoms with van der Waals surface area (Å²) in [6.07, 6.45) is 10.7. The number of carbonyl (C=O) groups is 4. The van der Waals surface area contributed by atoms with Gasteiger partial charge in [-0.2, -0.15) is 0 Å². The summed E-state index contributed by atoms with van der Waals surface area (Å²) < 4.78 is 3.40. The van der Waals surface area contributed by atoms with E-state index in [0.29, 0.717) is 48.7 Å². The average Bonchev–Trinajstić information content (AvgIpc) is 4.12. The van der Waals surface area contributed by atoms with Crippen LogP contribution in [-0.2, 0) is 32.3 Å². The first-order valence-corrected chi connectivity index (χ1v) is 20.2. The third-order valence-electron chi connectivity index (χ3n) is 12.5. The first kappa shape index (κ1) is 39.4. The van der Waals surface area contributed by atoms with E-state index in [-0.39, 0.29) is 83.7 Å². The molecular weight excluding hydrogens is 716 g/mol. The van der Waals surface area contributed by atoms with Crippen LogP contribution in [0.25, 0.3) is 12.2 Å². The number of pyridine rings is 2. The predicted molar refractivity (Wildman–Crippen MR) is 209 cm³/mol. The molecule has 2 saturated heterocycles. The molecule has 8 atom stereocenters. The summed E-state index contributed by atoms with van der Waals surface area (Å²) in [7, 11) is 0. The second-order valence-corrected chi connectivity index (χ2v) is 15.9. The molecule has 0 radical (unpaired) electrons. The molecule has 56 heavy (non-hydrogen) atoms. The molecule has 4 aliphatic heterocycles. The molecule has 0 unspecified atom stereocenters. The van der Waals surface area contributed by atoms with Crippen molar-refractivity contribution in [1.82, 2.24) is 29.6 Å². The maximum Gasteiger partial charge on any atom is 0.258 e. The van der Waals surface area contributed by atoms with E-state index in [4.69, 9.17) is 0 Å². The number of allylic oxidation sites excluding steroid dienone is 2. The number of nitrogens with zero attached hydrogens (tertiary/aromatic N) is 4. The Morgan fingerprint density at radius 2 is 1.04 bits per heavy atom. The zero-order chi connectivity index (χ0) is 40.0. The number of carbonyl (C=O) groups excluding carboxylic acids is 4. The summed E-state index contributed by atoms with van der Waals surface area (Å²) in [6.45, 7) is 8.62. The third-order valence-corrected chi connectivity index (χ3v) is 12.5. The van der Waals surface area contributed by atoms with Crippen molar-refractivity contribution in [3.05, 3.63) is 79.6 Å². The van der Waals surface area contributed by atoms with E-state index in [2.05, 4.69) is 10.6 Å². The monoisotopic (exact) mass is 770 g/mol. The molecule has 2 saturated carbocycles. The lowest BCUT2D eigenvalue weighted by Crippen LogP contribution is -2.49. The molecule has 0 spiro atoms. The summed E-state index contributed by atoms with van der Waals surface area (Å²) in [5, 5.41) is 26.0. The maximum absolute atomic E-state index is 13.1. The number of aliphatic hydroxyl groups is 2. The number of aromatic nitrogens is 2. The molecular formula is C42H54N6O8. The van der Waals surface area contributed by atoms with E-state index in [9.17, 15) is 39.0 Å². The van der Waals surface area contributed by atoms with Crippen LogP contribution in [0.2, 0.25) is 0 Å². The van der Waals surface area contributed by atoms with E-state index in [0.717, 1.165) is 25.7 Å². The molecule has 4 N–H and O–H groups in total. The highest BCUT2D eigenvalue weighted by molar-refractivity contribution is 5.87. The van der Waals surface area contributed by atoms with Gasteiger partial charge in [-0.15, -0.1) is 0 Å². The Labute approximate surface area is 326 Å². The number of amides is 4. The van der Waals surface area contributed by atoms with Gasteiger partial charge in [0, 0.05) is 85.6 Å². The van der Waals surface area contributed by atoms with Gasteiger partial charge in [-0.3, -0.25) is 28.8 Å². The number of hydrogen-bond donors (Lipinski definition) is 4. The Morgan fingerprint density at radius 1 is 0.661 bits per heavy atom. The van der Waals surface area contributed by atoms with Crippen LogP contribution in [0.4, 0.5) is 0 Å². The molecule has 0 aromatic carbocycles. The highest BCUT2D eigenvalue weighted by Crippen LogP contribution is 2.52. The highest BCUT2D eigenvalue weighted by Gasteiger charge is 2.60. The Hall–Kier alpha value is -4.82. The van der Waals surface area contributed by atoms with Crippen molar-refractivity contribution in [3.63, 3.8) is 0 Å². The Balaban J connectivity index is 0.000000172. The molecule has 8 rings (SSSR count). The van der Waals surface area contributed by atoms with Crippen molar-refractivity contribution >= 4 is 35.8 Å². The number of aliphatic hydroxyl groups excluding tert-OH is 2. The van der Waals surface area contributed by atoms with Crippen molar-refractivity contribution in [2.45, 2.75) is 90.6 Å². The standard InChI is InChI=1S/2C21H27N3O4/c2*1-3-5-12-8-9-15-18-17(19(26)22-4-2)14(11-25)16(10-23(15)20(12)27)24(18)21(28)13-6-7-13/h2*3,5,8-9,13-14,16-18,25H,4,6-7,10-11H2,1-2H3,(H,22,26)/b5-3+;5-3-/t2*14-,16-,17+,18+/m11/s1. The summed E-state index contributed by atoms with van der Waals surface area (Å²) in [5.74, 6) is -2.09. The van der Waals surface area contributed by atoms with Gasteiger partial charge in [0.2, 0.25) is 23.6 Å². The van der Waals surface area contributed by atoms with E-state index >= 15 is 0 Å². The molecule has 300 valence electrons. The fourth-order valence-electron chi connectivity index (χ4n) is 9.73. The van der Waals surface area contributed by atoms with Gasteiger partial charge >= 0.3 is 0 Å². The van der Waals surface area contributed by atoms with Gasteiger partial charge in [0.25, 0.3) is 11.1 Å². The van der Waals surface area contributed by atoms with Crippen LogP contribution < -0.4 is 21.8 Å². The number of fused-ring (bicyclic) bond motifs is 8.